The van der Waals surface area contributed by atoms with Gasteiger partial charge in [-0.3, -0.25) is 14.5 Å². The van der Waals surface area contributed by atoms with Gasteiger partial charge in [-0.1, -0.05) is 19.1 Å². The lowest BCUT2D eigenvalue weighted by atomic mass is 10.1. The topological polar surface area (TPSA) is 70.7 Å². The van der Waals surface area contributed by atoms with E-state index in [1.54, 1.807) is 24.3 Å². The molecule has 2 N–H and O–H groups in total. The van der Waals surface area contributed by atoms with E-state index < -0.39 is 0 Å². The van der Waals surface area contributed by atoms with Crippen LogP contribution in [0.1, 0.15) is 25.0 Å². The first kappa shape index (κ1) is 21.4. The molecule has 2 amide bonds. The number of nitrogens with zero attached hydrogens (tertiary/aromatic N) is 1. The number of hydrogen-bond donors (Lipinski definition) is 2. The van der Waals surface area contributed by atoms with Gasteiger partial charge in [0.25, 0.3) is 0 Å². The second kappa shape index (κ2) is 10.5. The summed E-state index contributed by atoms with van der Waals surface area (Å²) in [7, 11) is 0. The van der Waals surface area contributed by atoms with Crippen molar-refractivity contribution in [1.29, 1.82) is 0 Å². The van der Waals surface area contributed by atoms with Crippen molar-refractivity contribution in [3.8, 4) is 5.75 Å². The molecule has 0 heterocycles. The molecule has 0 aliphatic carbocycles. The number of anilines is 2. The van der Waals surface area contributed by atoms with Gasteiger partial charge in [-0.25, -0.2) is 0 Å². The van der Waals surface area contributed by atoms with Gasteiger partial charge in [0.1, 0.15) is 12.4 Å². The van der Waals surface area contributed by atoms with Crippen molar-refractivity contribution in [2.75, 3.05) is 36.9 Å². The summed E-state index contributed by atoms with van der Waals surface area (Å²) in [5, 5.41) is 5.57. The zero-order chi connectivity index (χ0) is 20.5. The van der Waals surface area contributed by atoms with Crippen LogP contribution in [0.25, 0.3) is 0 Å². The SMILES string of the molecule is CCN(CCOc1cc(C)ccc1C)CC(=O)Nc1ccc(NC(C)=O)cc1. The van der Waals surface area contributed by atoms with E-state index in [1.165, 1.54) is 6.92 Å². The van der Waals surface area contributed by atoms with E-state index in [4.69, 9.17) is 4.74 Å². The summed E-state index contributed by atoms with van der Waals surface area (Å²) in [4.78, 5) is 25.4. The highest BCUT2D eigenvalue weighted by Gasteiger charge is 2.10. The van der Waals surface area contributed by atoms with Crippen LogP contribution < -0.4 is 15.4 Å². The maximum Gasteiger partial charge on any atom is 0.238 e. The van der Waals surface area contributed by atoms with Gasteiger partial charge in [0.2, 0.25) is 11.8 Å². The Morgan fingerprint density at radius 3 is 2.25 bits per heavy atom. The van der Waals surface area contributed by atoms with Gasteiger partial charge in [-0.15, -0.1) is 0 Å². The lowest BCUT2D eigenvalue weighted by Gasteiger charge is -2.20. The standard InChI is InChI=1S/C22H29N3O3/c1-5-25(12-13-28-21-14-16(2)6-7-17(21)3)15-22(27)24-20-10-8-19(9-11-20)23-18(4)26/h6-11,14H,5,12-13,15H2,1-4H3,(H,23,26)(H,24,27). The van der Waals surface area contributed by atoms with Gasteiger partial charge in [-0.05, 0) is 61.9 Å². The summed E-state index contributed by atoms with van der Waals surface area (Å²) in [6.45, 7) is 9.78. The van der Waals surface area contributed by atoms with Gasteiger partial charge in [0.15, 0.2) is 0 Å². The normalized spacial score (nSPS) is 10.6. The zero-order valence-electron chi connectivity index (χ0n) is 17.0. The summed E-state index contributed by atoms with van der Waals surface area (Å²) in [5.41, 5.74) is 3.66. The van der Waals surface area contributed by atoms with E-state index >= 15 is 0 Å². The summed E-state index contributed by atoms with van der Waals surface area (Å²) in [6.07, 6.45) is 0. The molecule has 0 atom stereocenters. The lowest BCUT2D eigenvalue weighted by Crippen LogP contribution is -2.36. The number of hydrogen-bond acceptors (Lipinski definition) is 4. The average molecular weight is 383 g/mol. The highest BCUT2D eigenvalue weighted by molar-refractivity contribution is 5.93. The third-order valence-electron chi connectivity index (χ3n) is 4.31. The molecule has 2 aromatic carbocycles. The molecule has 0 aliphatic heterocycles. The van der Waals surface area contributed by atoms with Crippen LogP contribution in [0.4, 0.5) is 11.4 Å². The van der Waals surface area contributed by atoms with Crippen LogP contribution in [0.5, 0.6) is 5.75 Å². The van der Waals surface area contributed by atoms with Gasteiger partial charge in [-0.2, -0.15) is 0 Å². The van der Waals surface area contributed by atoms with E-state index in [1.807, 2.05) is 37.8 Å². The summed E-state index contributed by atoms with van der Waals surface area (Å²) in [6, 6.07) is 13.2. The first-order valence-electron chi connectivity index (χ1n) is 9.47. The van der Waals surface area contributed by atoms with Crippen molar-refractivity contribution >= 4 is 23.2 Å². The molecule has 0 unspecified atom stereocenters. The molecule has 2 rings (SSSR count). The molecule has 0 fully saturated rings. The Bertz CT molecular complexity index is 803. The minimum Gasteiger partial charge on any atom is -0.492 e. The first-order chi connectivity index (χ1) is 13.4. The molecule has 0 aromatic heterocycles. The van der Waals surface area contributed by atoms with Gasteiger partial charge in [0.05, 0.1) is 6.54 Å². The highest BCUT2D eigenvalue weighted by Crippen LogP contribution is 2.19. The van der Waals surface area contributed by atoms with E-state index in [0.717, 1.165) is 23.4 Å². The van der Waals surface area contributed by atoms with E-state index in [2.05, 4.69) is 16.7 Å². The highest BCUT2D eigenvalue weighted by atomic mass is 16.5. The summed E-state index contributed by atoms with van der Waals surface area (Å²) < 4.78 is 5.89. The predicted molar refractivity (Wildman–Crippen MR) is 113 cm³/mol. The second-order valence-corrected chi connectivity index (χ2v) is 6.79. The predicted octanol–water partition coefficient (Wildman–Crippen LogP) is 3.60. The minimum atomic E-state index is -0.126. The van der Waals surface area contributed by atoms with Gasteiger partial charge >= 0.3 is 0 Å². The van der Waals surface area contributed by atoms with Crippen LogP contribution >= 0.6 is 0 Å². The second-order valence-electron chi connectivity index (χ2n) is 6.79. The quantitative estimate of drug-likeness (QED) is 0.694. The molecule has 2 aromatic rings. The molecule has 150 valence electrons. The van der Waals surface area contributed by atoms with Crippen molar-refractivity contribution in [2.24, 2.45) is 0 Å². The van der Waals surface area contributed by atoms with Crippen LogP contribution in [0, 0.1) is 13.8 Å². The molecule has 28 heavy (non-hydrogen) atoms. The number of nitrogens with one attached hydrogen (secondary N) is 2. The number of carbonyl (C=O) groups excluding carboxylic acids is 2. The molecular weight excluding hydrogens is 354 g/mol. The summed E-state index contributed by atoms with van der Waals surface area (Å²) in [5.74, 6) is 0.680. The fourth-order valence-electron chi connectivity index (χ4n) is 2.74. The van der Waals surface area contributed by atoms with Crippen LogP contribution in [-0.2, 0) is 9.59 Å². The number of rotatable bonds is 9. The molecule has 0 radical (unpaired) electrons. The molecule has 0 spiro atoms. The molecule has 0 aliphatic rings. The van der Waals surface area contributed by atoms with E-state index in [9.17, 15) is 9.59 Å². The lowest BCUT2D eigenvalue weighted by molar-refractivity contribution is -0.117. The summed E-state index contributed by atoms with van der Waals surface area (Å²) >= 11 is 0. The van der Waals surface area contributed by atoms with Crippen LogP contribution in [0.15, 0.2) is 42.5 Å². The first-order valence-corrected chi connectivity index (χ1v) is 9.47. The Kier molecular flexibility index (Phi) is 8.02. The average Bonchev–Trinajstić information content (AvgIpc) is 2.64. The molecule has 0 saturated heterocycles. The van der Waals surface area contributed by atoms with Crippen LogP contribution in [-0.4, -0.2) is 43.0 Å². The number of carbonyl (C=O) groups is 2. The molecule has 6 nitrogen and oxygen atoms in total. The third kappa shape index (κ3) is 7.04. The largest absolute Gasteiger partial charge is 0.492 e. The number of amides is 2. The Morgan fingerprint density at radius 2 is 1.64 bits per heavy atom. The number of aryl methyl sites for hydroxylation is 2. The number of benzene rings is 2. The fraction of sp³-hybridized carbons (Fsp3) is 0.364. The molecule has 0 bridgehead atoms. The Hall–Kier alpha value is -2.86. The fourth-order valence-corrected chi connectivity index (χ4v) is 2.74. The van der Waals surface area contributed by atoms with Crippen LogP contribution in [0.2, 0.25) is 0 Å². The Balaban J connectivity index is 1.80. The Labute approximate surface area is 166 Å². The smallest absolute Gasteiger partial charge is 0.238 e. The van der Waals surface area contributed by atoms with Crippen molar-refractivity contribution in [3.05, 3.63) is 53.6 Å². The number of ether oxygens (including phenoxy) is 1. The monoisotopic (exact) mass is 383 g/mol. The Morgan fingerprint density at radius 1 is 1.00 bits per heavy atom. The third-order valence-corrected chi connectivity index (χ3v) is 4.31. The molecular formula is C22H29N3O3. The minimum absolute atomic E-state index is 0.0825. The molecule has 0 saturated carbocycles. The van der Waals surface area contributed by atoms with Gasteiger partial charge < -0.3 is 15.4 Å². The van der Waals surface area contributed by atoms with Crippen LogP contribution in [0.3, 0.4) is 0 Å². The molecule has 6 heteroatoms. The maximum atomic E-state index is 12.3. The zero-order valence-corrected chi connectivity index (χ0v) is 17.0. The van der Waals surface area contributed by atoms with E-state index in [-0.39, 0.29) is 11.8 Å². The van der Waals surface area contributed by atoms with Crippen molar-refractivity contribution in [3.63, 3.8) is 0 Å². The number of likely N-dealkylation sites (N-methyl/N-ethyl adjacent to an activating group) is 1. The maximum absolute atomic E-state index is 12.3. The van der Waals surface area contributed by atoms with Crippen molar-refractivity contribution in [1.82, 2.24) is 4.90 Å². The van der Waals surface area contributed by atoms with Crippen molar-refractivity contribution in [2.45, 2.75) is 27.7 Å². The van der Waals surface area contributed by atoms with Gasteiger partial charge in [0, 0.05) is 24.8 Å². The van der Waals surface area contributed by atoms with Crippen molar-refractivity contribution < 1.29 is 14.3 Å². The van der Waals surface area contributed by atoms with E-state index in [0.29, 0.717) is 31.1 Å².